The zero-order valence-corrected chi connectivity index (χ0v) is 12.1. The van der Waals surface area contributed by atoms with Crippen molar-refractivity contribution in [2.24, 2.45) is 7.05 Å². The lowest BCUT2D eigenvalue weighted by molar-refractivity contribution is 0.625. The standard InChI is InChI=1S/C15H16N4S/c1-19-13(7-8-17-19)9-16-10-15-18-14(11-20-15)12-5-3-2-4-6-12/h2-8,11,16H,9-10H2,1H3. The molecular weight excluding hydrogens is 268 g/mol. The van der Waals surface area contributed by atoms with E-state index in [0.717, 1.165) is 23.8 Å². The van der Waals surface area contributed by atoms with E-state index in [1.807, 2.05) is 42.2 Å². The van der Waals surface area contributed by atoms with E-state index in [1.165, 1.54) is 11.3 Å². The van der Waals surface area contributed by atoms with Gasteiger partial charge in [0.05, 0.1) is 11.4 Å². The first-order valence-electron chi connectivity index (χ1n) is 6.50. The summed E-state index contributed by atoms with van der Waals surface area (Å²) in [6, 6.07) is 12.3. The third-order valence-corrected chi connectivity index (χ3v) is 3.97. The number of hydrogen-bond donors (Lipinski definition) is 1. The van der Waals surface area contributed by atoms with Crippen molar-refractivity contribution in [2.75, 3.05) is 0 Å². The number of aryl methyl sites for hydroxylation is 1. The highest BCUT2D eigenvalue weighted by Gasteiger charge is 2.04. The molecule has 0 spiro atoms. The molecule has 3 aromatic rings. The lowest BCUT2D eigenvalue weighted by Crippen LogP contribution is -2.15. The van der Waals surface area contributed by atoms with Crippen LogP contribution in [0.15, 0.2) is 48.0 Å². The molecule has 1 N–H and O–H groups in total. The first kappa shape index (κ1) is 13.0. The molecule has 1 aromatic carbocycles. The lowest BCUT2D eigenvalue weighted by atomic mass is 10.2. The van der Waals surface area contributed by atoms with Crippen LogP contribution in [-0.4, -0.2) is 14.8 Å². The first-order chi connectivity index (χ1) is 9.83. The normalized spacial score (nSPS) is 10.8. The Morgan fingerprint density at radius 3 is 2.75 bits per heavy atom. The van der Waals surface area contributed by atoms with Crippen LogP contribution in [0.2, 0.25) is 0 Å². The molecule has 102 valence electrons. The van der Waals surface area contributed by atoms with Gasteiger partial charge in [-0.3, -0.25) is 4.68 Å². The molecule has 0 unspecified atom stereocenters. The molecule has 2 aromatic heterocycles. The van der Waals surface area contributed by atoms with E-state index in [9.17, 15) is 0 Å². The van der Waals surface area contributed by atoms with Gasteiger partial charge in [-0.05, 0) is 6.07 Å². The largest absolute Gasteiger partial charge is 0.305 e. The Hall–Kier alpha value is -1.98. The summed E-state index contributed by atoms with van der Waals surface area (Å²) in [4.78, 5) is 4.66. The van der Waals surface area contributed by atoms with Crippen LogP contribution in [0, 0.1) is 0 Å². The highest BCUT2D eigenvalue weighted by atomic mass is 32.1. The fourth-order valence-electron chi connectivity index (χ4n) is 2.01. The summed E-state index contributed by atoms with van der Waals surface area (Å²) in [7, 11) is 1.95. The quantitative estimate of drug-likeness (QED) is 0.783. The fraction of sp³-hybridized carbons (Fsp3) is 0.200. The molecule has 0 radical (unpaired) electrons. The number of nitrogens with one attached hydrogen (secondary N) is 1. The average Bonchev–Trinajstić information content (AvgIpc) is 3.10. The van der Waals surface area contributed by atoms with Crippen LogP contribution in [0.4, 0.5) is 0 Å². The molecular formula is C15H16N4S. The fourth-order valence-corrected chi connectivity index (χ4v) is 2.78. The molecule has 20 heavy (non-hydrogen) atoms. The van der Waals surface area contributed by atoms with Crippen molar-refractivity contribution < 1.29 is 0 Å². The van der Waals surface area contributed by atoms with Crippen LogP contribution in [0.25, 0.3) is 11.3 Å². The van der Waals surface area contributed by atoms with Gasteiger partial charge in [0.1, 0.15) is 5.01 Å². The van der Waals surface area contributed by atoms with Crippen molar-refractivity contribution in [1.29, 1.82) is 0 Å². The summed E-state index contributed by atoms with van der Waals surface area (Å²) in [6.45, 7) is 1.58. The van der Waals surface area contributed by atoms with Crippen molar-refractivity contribution in [3.63, 3.8) is 0 Å². The Bertz CT molecular complexity index is 672. The number of benzene rings is 1. The molecule has 0 aliphatic carbocycles. The summed E-state index contributed by atoms with van der Waals surface area (Å²) < 4.78 is 1.88. The third kappa shape index (κ3) is 2.95. The minimum atomic E-state index is 0.780. The van der Waals surface area contributed by atoms with Crippen LogP contribution in [-0.2, 0) is 20.1 Å². The first-order valence-corrected chi connectivity index (χ1v) is 7.38. The van der Waals surface area contributed by atoms with Crippen molar-refractivity contribution in [3.8, 4) is 11.3 Å². The highest BCUT2D eigenvalue weighted by Crippen LogP contribution is 2.21. The van der Waals surface area contributed by atoms with E-state index < -0.39 is 0 Å². The van der Waals surface area contributed by atoms with E-state index in [0.29, 0.717) is 0 Å². The van der Waals surface area contributed by atoms with E-state index in [4.69, 9.17) is 0 Å². The van der Waals surface area contributed by atoms with E-state index in [2.05, 4.69) is 32.9 Å². The minimum Gasteiger partial charge on any atom is -0.305 e. The van der Waals surface area contributed by atoms with Gasteiger partial charge in [0.2, 0.25) is 0 Å². The second-order valence-corrected chi connectivity index (χ2v) is 5.48. The zero-order chi connectivity index (χ0) is 13.8. The molecule has 0 bridgehead atoms. The predicted molar refractivity (Wildman–Crippen MR) is 81.3 cm³/mol. The Morgan fingerprint density at radius 1 is 1.15 bits per heavy atom. The number of aromatic nitrogens is 3. The summed E-state index contributed by atoms with van der Waals surface area (Å²) in [6.07, 6.45) is 1.81. The molecule has 0 aliphatic rings. The maximum Gasteiger partial charge on any atom is 0.107 e. The molecule has 3 rings (SSSR count). The monoisotopic (exact) mass is 284 g/mol. The average molecular weight is 284 g/mol. The SMILES string of the molecule is Cn1nccc1CNCc1nc(-c2ccccc2)cs1. The van der Waals surface area contributed by atoms with Gasteiger partial charge in [-0.15, -0.1) is 11.3 Å². The van der Waals surface area contributed by atoms with Crippen LogP contribution in [0.5, 0.6) is 0 Å². The van der Waals surface area contributed by atoms with Gasteiger partial charge in [0, 0.05) is 37.3 Å². The van der Waals surface area contributed by atoms with Crippen LogP contribution >= 0.6 is 11.3 Å². The van der Waals surface area contributed by atoms with E-state index >= 15 is 0 Å². The molecule has 0 saturated carbocycles. The predicted octanol–water partition coefficient (Wildman–Crippen LogP) is 2.83. The molecule has 0 amide bonds. The van der Waals surface area contributed by atoms with Gasteiger partial charge in [0.25, 0.3) is 0 Å². The Balaban J connectivity index is 1.59. The second-order valence-electron chi connectivity index (χ2n) is 4.54. The molecule has 2 heterocycles. The molecule has 4 nitrogen and oxygen atoms in total. The van der Waals surface area contributed by atoms with Crippen molar-refractivity contribution >= 4 is 11.3 Å². The van der Waals surface area contributed by atoms with Gasteiger partial charge >= 0.3 is 0 Å². The molecule has 0 atom stereocenters. The third-order valence-electron chi connectivity index (χ3n) is 3.13. The number of nitrogens with zero attached hydrogens (tertiary/aromatic N) is 3. The zero-order valence-electron chi connectivity index (χ0n) is 11.3. The van der Waals surface area contributed by atoms with E-state index in [-0.39, 0.29) is 0 Å². The van der Waals surface area contributed by atoms with Crippen LogP contribution in [0.3, 0.4) is 0 Å². The molecule has 5 heteroatoms. The molecule has 0 fully saturated rings. The minimum absolute atomic E-state index is 0.780. The molecule has 0 saturated heterocycles. The van der Waals surface area contributed by atoms with Crippen molar-refractivity contribution in [1.82, 2.24) is 20.1 Å². The van der Waals surface area contributed by atoms with Gasteiger partial charge in [-0.25, -0.2) is 4.98 Å². The summed E-state index contributed by atoms with van der Waals surface area (Å²) >= 11 is 1.69. The summed E-state index contributed by atoms with van der Waals surface area (Å²) in [5, 5.41) is 10.8. The molecule has 0 aliphatic heterocycles. The smallest absolute Gasteiger partial charge is 0.107 e. The Kier molecular flexibility index (Phi) is 3.90. The van der Waals surface area contributed by atoms with Gasteiger partial charge in [-0.1, -0.05) is 30.3 Å². The number of hydrogen-bond acceptors (Lipinski definition) is 4. The number of thiazole rings is 1. The highest BCUT2D eigenvalue weighted by molar-refractivity contribution is 7.09. The van der Waals surface area contributed by atoms with Gasteiger partial charge in [-0.2, -0.15) is 5.10 Å². The van der Waals surface area contributed by atoms with Crippen molar-refractivity contribution in [3.05, 3.63) is 58.7 Å². The Labute approximate surface area is 122 Å². The maximum atomic E-state index is 4.66. The number of rotatable bonds is 5. The topological polar surface area (TPSA) is 42.7 Å². The van der Waals surface area contributed by atoms with E-state index in [1.54, 1.807) is 11.3 Å². The Morgan fingerprint density at radius 2 is 2.00 bits per heavy atom. The second kappa shape index (κ2) is 5.98. The maximum absolute atomic E-state index is 4.66. The summed E-state index contributed by atoms with van der Waals surface area (Å²) in [5.41, 5.74) is 3.39. The van der Waals surface area contributed by atoms with Gasteiger partial charge in [0.15, 0.2) is 0 Å². The van der Waals surface area contributed by atoms with Crippen molar-refractivity contribution in [2.45, 2.75) is 13.1 Å². The van der Waals surface area contributed by atoms with Crippen LogP contribution in [0.1, 0.15) is 10.7 Å². The van der Waals surface area contributed by atoms with Crippen LogP contribution < -0.4 is 5.32 Å². The summed E-state index contributed by atoms with van der Waals surface area (Å²) in [5.74, 6) is 0. The lowest BCUT2D eigenvalue weighted by Gasteiger charge is -2.02. The van der Waals surface area contributed by atoms with Gasteiger partial charge < -0.3 is 5.32 Å².